The average Bonchev–Trinajstić information content (AvgIpc) is 2.13. The van der Waals surface area contributed by atoms with E-state index in [0.717, 1.165) is 9.13 Å². The predicted octanol–water partition coefficient (Wildman–Crippen LogP) is 1.91. The van der Waals surface area contributed by atoms with Crippen LogP contribution in [0.3, 0.4) is 0 Å². The van der Waals surface area contributed by atoms with Crippen LogP contribution in [-0.4, -0.2) is 25.0 Å². The van der Waals surface area contributed by atoms with Gasteiger partial charge in [-0.25, -0.2) is 0 Å². The standard InChI is InChI=1S/C9H13IO6P2/c10-8-3-1-2-7(6-8)4-5-9(17(11,12)13)18(14,15)16/h1-3,6,9H,4-5H2,(H2,11,12,13)(H2,14,15,16)/i10+4. The number of hydrogen-bond donors (Lipinski definition) is 4. The molecule has 102 valence electrons. The van der Waals surface area contributed by atoms with Gasteiger partial charge >= 0.3 is 15.2 Å². The highest BCUT2D eigenvalue weighted by atomic mass is 131. The van der Waals surface area contributed by atoms with E-state index in [0.29, 0.717) is 0 Å². The van der Waals surface area contributed by atoms with Crippen molar-refractivity contribution in [2.45, 2.75) is 18.2 Å². The molecule has 1 rings (SSSR count). The van der Waals surface area contributed by atoms with Gasteiger partial charge in [0.05, 0.1) is 0 Å². The summed E-state index contributed by atoms with van der Waals surface area (Å²) >= 11 is 2.09. The quantitative estimate of drug-likeness (QED) is 0.436. The summed E-state index contributed by atoms with van der Waals surface area (Å²) in [7, 11) is -9.62. The minimum atomic E-state index is -4.81. The number of hydrogen-bond acceptors (Lipinski definition) is 2. The Balaban J connectivity index is 2.82. The van der Waals surface area contributed by atoms with Crippen LogP contribution in [-0.2, 0) is 15.6 Å². The van der Waals surface area contributed by atoms with Gasteiger partial charge in [-0.15, -0.1) is 0 Å². The van der Waals surface area contributed by atoms with E-state index in [4.69, 9.17) is 19.6 Å². The van der Waals surface area contributed by atoms with E-state index in [1.54, 1.807) is 18.2 Å². The third-order valence-corrected chi connectivity index (χ3v) is 6.90. The normalized spacial score (nSPS) is 13.0. The minimum Gasteiger partial charge on any atom is -0.324 e. The summed E-state index contributed by atoms with van der Waals surface area (Å²) < 4.78 is 23.1. The summed E-state index contributed by atoms with van der Waals surface area (Å²) in [6.45, 7) is 0. The molecule has 0 unspecified atom stereocenters. The van der Waals surface area contributed by atoms with Crippen LogP contribution in [0.25, 0.3) is 0 Å². The van der Waals surface area contributed by atoms with Crippen LogP contribution in [0.4, 0.5) is 0 Å². The van der Waals surface area contributed by atoms with Crippen LogP contribution < -0.4 is 0 Å². The molecule has 1 aromatic carbocycles. The zero-order valence-corrected chi connectivity index (χ0v) is 13.1. The summed E-state index contributed by atoms with van der Waals surface area (Å²) in [5, 5.41) is -1.93. The van der Waals surface area contributed by atoms with Gasteiger partial charge in [-0.05, 0) is 53.1 Å². The van der Waals surface area contributed by atoms with Gasteiger partial charge in [-0.2, -0.15) is 0 Å². The highest BCUT2D eigenvalue weighted by Gasteiger charge is 2.42. The fraction of sp³-hybridized carbons (Fsp3) is 0.333. The summed E-state index contributed by atoms with van der Waals surface area (Å²) in [4.78, 5) is 35.9. The van der Waals surface area contributed by atoms with E-state index in [-0.39, 0.29) is 12.8 Å². The first-order valence-electron chi connectivity index (χ1n) is 4.95. The third-order valence-electron chi connectivity index (χ3n) is 2.36. The second-order valence-electron chi connectivity index (χ2n) is 3.83. The van der Waals surface area contributed by atoms with Gasteiger partial charge < -0.3 is 19.6 Å². The maximum atomic E-state index is 11.1. The molecular weight excluding hydrogens is 397 g/mol. The van der Waals surface area contributed by atoms with E-state index >= 15 is 0 Å². The molecule has 0 saturated heterocycles. The first-order valence-corrected chi connectivity index (χ1v) is 9.40. The van der Waals surface area contributed by atoms with E-state index in [9.17, 15) is 9.13 Å². The van der Waals surface area contributed by atoms with Gasteiger partial charge in [-0.3, -0.25) is 9.13 Å². The fourth-order valence-corrected chi connectivity index (χ4v) is 4.63. The lowest BCUT2D eigenvalue weighted by Crippen LogP contribution is -2.10. The van der Waals surface area contributed by atoms with Gasteiger partial charge in [0.2, 0.25) is 0 Å². The second kappa shape index (κ2) is 6.13. The number of halogens is 1. The molecule has 4 N–H and O–H groups in total. The van der Waals surface area contributed by atoms with Crippen molar-refractivity contribution in [3.8, 4) is 0 Å². The summed E-state index contributed by atoms with van der Waals surface area (Å²) in [6.07, 6.45) is -0.0492. The lowest BCUT2D eigenvalue weighted by molar-refractivity contribution is 0.335. The lowest BCUT2D eigenvalue weighted by atomic mass is 10.1. The number of aryl methyl sites for hydroxylation is 1. The molecule has 1 aromatic rings. The van der Waals surface area contributed by atoms with Crippen molar-refractivity contribution < 1.29 is 28.7 Å². The van der Waals surface area contributed by atoms with Gasteiger partial charge in [0, 0.05) is 3.57 Å². The van der Waals surface area contributed by atoms with E-state index in [1.165, 1.54) is 0 Å². The maximum Gasteiger partial charge on any atom is 0.340 e. The molecule has 0 fully saturated rings. The van der Waals surface area contributed by atoms with Crippen molar-refractivity contribution in [1.29, 1.82) is 0 Å². The Morgan fingerprint density at radius 2 is 1.67 bits per heavy atom. The lowest BCUT2D eigenvalue weighted by Gasteiger charge is -2.19. The SMILES string of the molecule is O=P(O)(O)C(CCc1cccc([131I])c1)P(=O)(O)O. The van der Waals surface area contributed by atoms with Crippen molar-refractivity contribution in [1.82, 2.24) is 0 Å². The van der Waals surface area contributed by atoms with Crippen LogP contribution in [0.2, 0.25) is 0 Å². The van der Waals surface area contributed by atoms with Gasteiger partial charge in [-0.1, -0.05) is 12.1 Å². The Hall–Kier alpha value is 0.250. The zero-order valence-electron chi connectivity index (χ0n) is 9.18. The van der Waals surface area contributed by atoms with Crippen LogP contribution in [0, 0.1) is 3.57 Å². The van der Waals surface area contributed by atoms with E-state index in [2.05, 4.69) is 22.6 Å². The van der Waals surface area contributed by atoms with Crippen molar-refractivity contribution >= 4 is 37.8 Å². The Labute approximate surface area is 118 Å². The zero-order chi connectivity index (χ0) is 14.0. The maximum absolute atomic E-state index is 11.1. The minimum absolute atomic E-state index is 0.206. The van der Waals surface area contributed by atoms with Crippen molar-refractivity contribution in [3.63, 3.8) is 0 Å². The van der Waals surface area contributed by atoms with Crippen LogP contribution in [0.5, 0.6) is 0 Å². The largest absolute Gasteiger partial charge is 0.340 e. The Morgan fingerprint density at radius 3 is 2.11 bits per heavy atom. The van der Waals surface area contributed by atoms with Crippen molar-refractivity contribution in [2.75, 3.05) is 0 Å². The van der Waals surface area contributed by atoms with Gasteiger partial charge in [0.15, 0.2) is 5.40 Å². The second-order valence-corrected chi connectivity index (χ2v) is 9.08. The Bertz CT molecular complexity index is 486. The summed E-state index contributed by atoms with van der Waals surface area (Å²) in [5.41, 5.74) is 0.786. The first kappa shape index (κ1) is 16.3. The molecule has 0 radical (unpaired) electrons. The molecule has 0 aliphatic rings. The molecule has 0 amide bonds. The van der Waals surface area contributed by atoms with Gasteiger partial charge in [0.25, 0.3) is 0 Å². The molecule has 6 nitrogen and oxygen atoms in total. The van der Waals surface area contributed by atoms with Crippen LogP contribution in [0.15, 0.2) is 24.3 Å². The smallest absolute Gasteiger partial charge is 0.324 e. The van der Waals surface area contributed by atoms with Crippen LogP contribution in [0.1, 0.15) is 12.0 Å². The highest BCUT2D eigenvalue weighted by molar-refractivity contribution is 14.1. The third kappa shape index (κ3) is 5.09. The van der Waals surface area contributed by atoms with Crippen LogP contribution >= 0.6 is 37.8 Å². The monoisotopic (exact) mass is 410 g/mol. The average molecular weight is 410 g/mol. The number of rotatable bonds is 5. The van der Waals surface area contributed by atoms with E-state index < -0.39 is 20.6 Å². The molecule has 0 spiro atoms. The molecule has 0 bridgehead atoms. The summed E-state index contributed by atoms with van der Waals surface area (Å²) in [6, 6.07) is 7.18. The first-order chi connectivity index (χ1) is 8.10. The molecule has 0 aliphatic heterocycles. The highest BCUT2D eigenvalue weighted by Crippen LogP contribution is 2.61. The molecule has 0 atom stereocenters. The van der Waals surface area contributed by atoms with Crippen molar-refractivity contribution in [2.24, 2.45) is 0 Å². The number of benzene rings is 1. The molecule has 18 heavy (non-hydrogen) atoms. The Kier molecular flexibility index (Phi) is 5.56. The molecule has 0 aliphatic carbocycles. The summed E-state index contributed by atoms with van der Waals surface area (Å²) in [5.74, 6) is 0. The van der Waals surface area contributed by atoms with Gasteiger partial charge in [0.1, 0.15) is 0 Å². The molecule has 0 aromatic heterocycles. The molecule has 0 saturated carbocycles. The van der Waals surface area contributed by atoms with E-state index in [1.807, 2.05) is 6.07 Å². The fourth-order valence-electron chi connectivity index (χ4n) is 1.52. The van der Waals surface area contributed by atoms with Crippen molar-refractivity contribution in [3.05, 3.63) is 33.4 Å². The molecule has 9 heteroatoms. The Morgan fingerprint density at radius 1 is 1.11 bits per heavy atom. The molecular formula is C9H13IO6P2. The predicted molar refractivity (Wildman–Crippen MR) is 75.4 cm³/mol. The topological polar surface area (TPSA) is 115 Å². The molecule has 0 heterocycles.